The summed E-state index contributed by atoms with van der Waals surface area (Å²) in [5, 5.41) is 4.84. The Bertz CT molecular complexity index is 1890. The van der Waals surface area contributed by atoms with Gasteiger partial charge in [0.25, 0.3) is 0 Å². The van der Waals surface area contributed by atoms with E-state index in [-0.39, 0.29) is 0 Å². The number of aryl methyl sites for hydroxylation is 2. The molecule has 4 aromatic rings. The lowest BCUT2D eigenvalue weighted by atomic mass is 9.94. The van der Waals surface area contributed by atoms with Gasteiger partial charge < -0.3 is 8.23 Å². The molecule has 0 fully saturated rings. The summed E-state index contributed by atoms with van der Waals surface area (Å²) in [5.41, 5.74) is 7.49. The third-order valence-corrected chi connectivity index (χ3v) is 25.0. The van der Waals surface area contributed by atoms with Gasteiger partial charge in [-0.3, -0.25) is 0 Å². The monoisotopic (exact) mass is 854 g/mol. The number of nitrogens with zero attached hydrogens (tertiary/aromatic N) is 2. The molecule has 0 radical (unpaired) electrons. The topological polar surface area (TPSA) is 43.2 Å². The molecule has 300 valence electrons. The normalized spacial score (nSPS) is 14.6. The summed E-state index contributed by atoms with van der Waals surface area (Å²) in [4.78, 5) is 13.7. The van der Waals surface area contributed by atoms with E-state index in [0.29, 0.717) is 0 Å². The van der Waals surface area contributed by atoms with Gasteiger partial charge in [-0.05, 0) is 127 Å². The van der Waals surface area contributed by atoms with E-state index >= 15 is 0 Å². The van der Waals surface area contributed by atoms with E-state index in [1.54, 1.807) is 0 Å². The summed E-state index contributed by atoms with van der Waals surface area (Å²) in [7, 11) is -6.21. The molecule has 0 aromatic heterocycles. The maximum Gasteiger partial charge on any atom is 0.173 e. The Balaban J connectivity index is 1.28. The fraction of sp³-hybridized carbons (Fsp3) is 0.478. The van der Waals surface area contributed by atoms with Gasteiger partial charge in [0.2, 0.25) is 0 Å². The van der Waals surface area contributed by atoms with Crippen LogP contribution < -0.4 is 0 Å². The van der Waals surface area contributed by atoms with Gasteiger partial charge in [0.15, 0.2) is 33.3 Å². The number of hydrogen-bond donors (Lipinski definition) is 0. The van der Waals surface area contributed by atoms with Crippen LogP contribution in [-0.4, -0.2) is 43.4 Å². The summed E-state index contributed by atoms with van der Waals surface area (Å²) in [6, 6.07) is 29.1. The SMILES string of the molecule is C[Si](C)(C)O[Si](C)(C)CCCCCCc1cc2c3c(c(CCCCCC[Si](C)(C)O[Si](C)(C)C)cc4c3c1N=C(c1ccccc1)S4)N=C(c1ccccc1)S2. The Morgan fingerprint density at radius 1 is 0.464 bits per heavy atom. The zero-order valence-electron chi connectivity index (χ0n) is 35.9. The number of unbranched alkanes of at least 4 members (excludes halogenated alkanes) is 6. The lowest BCUT2D eigenvalue weighted by molar-refractivity contribution is 0.537. The highest BCUT2D eigenvalue weighted by molar-refractivity contribution is 8.15. The van der Waals surface area contributed by atoms with Crippen LogP contribution >= 0.6 is 23.5 Å². The summed E-state index contributed by atoms with van der Waals surface area (Å²) in [6.45, 7) is 23.6. The molecule has 2 heterocycles. The number of benzene rings is 4. The molecule has 4 nitrogen and oxygen atoms in total. The predicted molar refractivity (Wildman–Crippen MR) is 259 cm³/mol. The van der Waals surface area contributed by atoms with Crippen molar-refractivity contribution in [3.05, 3.63) is 95.1 Å². The van der Waals surface area contributed by atoms with Crippen molar-refractivity contribution < 1.29 is 8.23 Å². The van der Waals surface area contributed by atoms with Crippen molar-refractivity contribution in [2.24, 2.45) is 9.98 Å². The van der Waals surface area contributed by atoms with Crippen LogP contribution in [-0.2, 0) is 21.1 Å². The second-order valence-corrected chi connectivity index (χ2v) is 39.2. The first kappa shape index (κ1) is 43.5. The highest BCUT2D eigenvalue weighted by Gasteiger charge is 2.31. The van der Waals surface area contributed by atoms with Crippen LogP contribution in [0.4, 0.5) is 11.4 Å². The second kappa shape index (κ2) is 18.5. The minimum atomic E-state index is -1.60. The number of rotatable bonds is 20. The fourth-order valence-electron chi connectivity index (χ4n) is 8.50. The minimum Gasteiger partial charge on any atom is -0.456 e. The van der Waals surface area contributed by atoms with E-state index in [1.165, 1.54) is 118 Å². The van der Waals surface area contributed by atoms with Gasteiger partial charge in [0, 0.05) is 31.7 Å². The van der Waals surface area contributed by atoms with Crippen LogP contribution in [0.15, 0.2) is 92.6 Å². The Kier molecular flexibility index (Phi) is 14.4. The molecule has 4 aromatic carbocycles. The van der Waals surface area contributed by atoms with Crippen LogP contribution in [0.25, 0.3) is 10.8 Å². The summed E-state index contributed by atoms with van der Waals surface area (Å²) < 4.78 is 13.3. The zero-order chi connectivity index (χ0) is 40.1. The Hall–Kier alpha value is -2.03. The van der Waals surface area contributed by atoms with Gasteiger partial charge in [0.1, 0.15) is 10.1 Å². The molecule has 0 saturated heterocycles. The van der Waals surface area contributed by atoms with Crippen molar-refractivity contribution in [1.82, 2.24) is 0 Å². The molecular weight excluding hydrogens is 789 g/mol. The van der Waals surface area contributed by atoms with Crippen molar-refractivity contribution in [2.45, 2.75) is 152 Å². The van der Waals surface area contributed by atoms with E-state index < -0.39 is 33.3 Å². The Labute approximate surface area is 351 Å². The van der Waals surface area contributed by atoms with Gasteiger partial charge in [-0.25, -0.2) is 9.98 Å². The fourth-order valence-corrected chi connectivity index (χ4v) is 27.0. The van der Waals surface area contributed by atoms with Gasteiger partial charge in [-0.15, -0.1) is 0 Å². The molecule has 0 aliphatic carbocycles. The van der Waals surface area contributed by atoms with E-state index in [1.807, 2.05) is 23.5 Å². The maximum atomic E-state index is 6.63. The van der Waals surface area contributed by atoms with E-state index in [9.17, 15) is 0 Å². The largest absolute Gasteiger partial charge is 0.456 e. The van der Waals surface area contributed by atoms with Crippen LogP contribution in [0.2, 0.25) is 77.6 Å². The molecule has 6 rings (SSSR count). The third-order valence-electron chi connectivity index (χ3n) is 10.4. The quantitative estimate of drug-likeness (QED) is 0.0656. The smallest absolute Gasteiger partial charge is 0.173 e. The molecule has 2 aliphatic heterocycles. The van der Waals surface area contributed by atoms with Crippen molar-refractivity contribution >= 4 is 89.0 Å². The second-order valence-electron chi connectivity index (χ2n) is 19.1. The lowest BCUT2D eigenvalue weighted by Crippen LogP contribution is -2.42. The molecule has 0 saturated carbocycles. The van der Waals surface area contributed by atoms with Crippen LogP contribution in [0.5, 0.6) is 0 Å². The average Bonchev–Trinajstić information content (AvgIpc) is 3.12. The van der Waals surface area contributed by atoms with Gasteiger partial charge in [0.05, 0.1) is 11.4 Å². The van der Waals surface area contributed by atoms with Crippen LogP contribution in [0.1, 0.15) is 73.6 Å². The maximum absolute atomic E-state index is 6.63. The number of hydrogen-bond acceptors (Lipinski definition) is 6. The van der Waals surface area contributed by atoms with E-state index in [2.05, 4.69) is 138 Å². The van der Waals surface area contributed by atoms with Crippen molar-refractivity contribution in [1.29, 1.82) is 0 Å². The molecule has 0 N–H and O–H groups in total. The van der Waals surface area contributed by atoms with Gasteiger partial charge in [-0.1, -0.05) is 123 Å². The van der Waals surface area contributed by atoms with Crippen LogP contribution in [0.3, 0.4) is 0 Å². The highest BCUT2D eigenvalue weighted by atomic mass is 32.2. The average molecular weight is 856 g/mol. The number of thioether (sulfide) groups is 2. The van der Waals surface area contributed by atoms with E-state index in [4.69, 9.17) is 18.2 Å². The minimum absolute atomic E-state index is 1.04. The van der Waals surface area contributed by atoms with Crippen molar-refractivity contribution in [2.75, 3.05) is 0 Å². The first-order valence-electron chi connectivity index (χ1n) is 21.2. The van der Waals surface area contributed by atoms with Gasteiger partial charge >= 0.3 is 0 Å². The molecule has 0 amide bonds. The summed E-state index contributed by atoms with van der Waals surface area (Å²) in [6.07, 6.45) is 12.0. The molecule has 0 spiro atoms. The standard InChI is InChI=1S/C46H66N2O2S2Si4/c1-53(2,3)49-55(7,8)31-23-13-11-17-29-37-33-39-42-41-40(52-45(47-43(37)41)35-25-19-15-20-26-35)34-38(44(42)48-46(51-39)36-27-21-16-22-28-36)30-18-12-14-24-32-56(9,10)50-54(4,5)6/h15-16,19-22,25-28,33-34H,11-14,17-18,23-24,29-32H2,1-10H3. The Morgan fingerprint density at radius 2 is 0.821 bits per heavy atom. The molecule has 2 aliphatic rings. The predicted octanol–water partition coefficient (Wildman–Crippen LogP) is 15.5. The lowest BCUT2D eigenvalue weighted by Gasteiger charge is -2.31. The highest BCUT2D eigenvalue weighted by Crippen LogP contribution is 2.54. The van der Waals surface area contributed by atoms with Gasteiger partial charge in [-0.2, -0.15) is 0 Å². The van der Waals surface area contributed by atoms with E-state index in [0.717, 1.165) is 22.9 Å². The first-order valence-corrected chi connectivity index (χ1v) is 35.8. The number of aliphatic imine (C=N–C) groups is 2. The zero-order valence-corrected chi connectivity index (χ0v) is 41.6. The summed E-state index contributed by atoms with van der Waals surface area (Å²) >= 11 is 3.70. The molecule has 0 unspecified atom stereocenters. The Morgan fingerprint density at radius 3 is 1.18 bits per heavy atom. The van der Waals surface area contributed by atoms with Crippen molar-refractivity contribution in [3.8, 4) is 0 Å². The van der Waals surface area contributed by atoms with Crippen molar-refractivity contribution in [3.63, 3.8) is 0 Å². The first-order chi connectivity index (χ1) is 26.5. The third kappa shape index (κ3) is 12.0. The van der Waals surface area contributed by atoms with Crippen LogP contribution in [0, 0.1) is 0 Å². The molecule has 10 heteroatoms. The molecular formula is C46H66N2O2S2Si4. The molecule has 0 atom stereocenters. The molecule has 0 bridgehead atoms. The molecule has 56 heavy (non-hydrogen) atoms. The summed E-state index contributed by atoms with van der Waals surface area (Å²) in [5.74, 6) is 0.